The van der Waals surface area contributed by atoms with Gasteiger partial charge in [-0.05, 0) is 31.9 Å². The third-order valence-corrected chi connectivity index (χ3v) is 5.20. The Labute approximate surface area is 154 Å². The molecule has 9 heteroatoms. The Morgan fingerprint density at radius 1 is 1.26 bits per heavy atom. The second-order valence-corrected chi connectivity index (χ2v) is 6.75. The first-order chi connectivity index (χ1) is 13.1. The van der Waals surface area contributed by atoms with Crippen LogP contribution in [0, 0.1) is 5.92 Å². The van der Waals surface area contributed by atoms with Gasteiger partial charge < -0.3 is 10.0 Å². The molecule has 4 rings (SSSR count). The number of rotatable bonds is 4. The number of nitrogens with zero attached hydrogens (tertiary/aromatic N) is 6. The smallest absolute Gasteiger partial charge is 0.282 e. The summed E-state index contributed by atoms with van der Waals surface area (Å²) in [4.78, 5) is 15.0. The van der Waals surface area contributed by atoms with E-state index < -0.39 is 6.43 Å². The molecule has 0 aromatic carbocycles. The van der Waals surface area contributed by atoms with E-state index in [4.69, 9.17) is 0 Å². The molecule has 0 radical (unpaired) electrons. The van der Waals surface area contributed by atoms with Crippen molar-refractivity contribution in [3.63, 3.8) is 0 Å². The number of hydrogen-bond donors (Lipinski definition) is 1. The summed E-state index contributed by atoms with van der Waals surface area (Å²) in [5.74, 6) is 0.939. The maximum absolute atomic E-state index is 13.0. The molecule has 0 aliphatic carbocycles. The van der Waals surface area contributed by atoms with Crippen molar-refractivity contribution in [1.82, 2.24) is 24.6 Å². The van der Waals surface area contributed by atoms with Gasteiger partial charge in [0, 0.05) is 31.2 Å². The lowest BCUT2D eigenvalue weighted by molar-refractivity contribution is 0.144. The molecular formula is C18H20F2N6O. The summed E-state index contributed by atoms with van der Waals surface area (Å²) < 4.78 is 27.4. The van der Waals surface area contributed by atoms with Gasteiger partial charge >= 0.3 is 0 Å². The SMILES string of the molecule is C[C@H]1[C@@H](CO)CCCN1c1cc(-c2cnc3ccc(C(F)F)nn23)ncn1. The summed E-state index contributed by atoms with van der Waals surface area (Å²) in [6.45, 7) is 3.06. The molecule has 0 bridgehead atoms. The Balaban J connectivity index is 1.73. The van der Waals surface area contributed by atoms with Crippen LogP contribution in [0.2, 0.25) is 0 Å². The number of piperidine rings is 1. The fraction of sp³-hybridized carbons (Fsp3) is 0.444. The first kappa shape index (κ1) is 17.7. The molecule has 7 nitrogen and oxygen atoms in total. The summed E-state index contributed by atoms with van der Waals surface area (Å²) in [5.41, 5.74) is 1.25. The average molecular weight is 374 g/mol. The number of halogens is 2. The van der Waals surface area contributed by atoms with Crippen molar-refractivity contribution in [3.05, 3.63) is 36.4 Å². The van der Waals surface area contributed by atoms with E-state index in [-0.39, 0.29) is 24.3 Å². The Morgan fingerprint density at radius 3 is 2.89 bits per heavy atom. The number of hydrogen-bond acceptors (Lipinski definition) is 6. The van der Waals surface area contributed by atoms with Crippen LogP contribution in [0.4, 0.5) is 14.6 Å². The first-order valence-electron chi connectivity index (χ1n) is 8.91. The Hall–Kier alpha value is -2.68. The highest BCUT2D eigenvalue weighted by Crippen LogP contribution is 2.29. The van der Waals surface area contributed by atoms with Gasteiger partial charge in [0.2, 0.25) is 0 Å². The maximum atomic E-state index is 13.0. The summed E-state index contributed by atoms with van der Waals surface area (Å²) in [6.07, 6.45) is 2.33. The molecule has 0 saturated carbocycles. The Bertz CT molecular complexity index is 947. The van der Waals surface area contributed by atoms with Crippen LogP contribution in [0.25, 0.3) is 17.0 Å². The second kappa shape index (κ2) is 7.15. The number of aliphatic hydroxyl groups is 1. The largest absolute Gasteiger partial charge is 0.396 e. The average Bonchev–Trinajstić information content (AvgIpc) is 3.11. The zero-order chi connectivity index (χ0) is 19.0. The Kier molecular flexibility index (Phi) is 4.69. The number of aromatic nitrogens is 5. The molecule has 0 spiro atoms. The monoisotopic (exact) mass is 374 g/mol. The van der Waals surface area contributed by atoms with Gasteiger partial charge in [0.1, 0.15) is 23.5 Å². The highest BCUT2D eigenvalue weighted by Gasteiger charge is 2.28. The molecule has 27 heavy (non-hydrogen) atoms. The van der Waals surface area contributed by atoms with Gasteiger partial charge in [-0.3, -0.25) is 0 Å². The third kappa shape index (κ3) is 3.23. The van der Waals surface area contributed by atoms with Crippen molar-refractivity contribution in [2.75, 3.05) is 18.1 Å². The molecule has 1 saturated heterocycles. The molecule has 0 unspecified atom stereocenters. The van der Waals surface area contributed by atoms with Crippen molar-refractivity contribution >= 4 is 11.5 Å². The van der Waals surface area contributed by atoms with Gasteiger partial charge in [0.05, 0.1) is 11.9 Å². The lowest BCUT2D eigenvalue weighted by Gasteiger charge is -2.39. The van der Waals surface area contributed by atoms with Crippen LogP contribution in [-0.4, -0.2) is 48.9 Å². The van der Waals surface area contributed by atoms with E-state index in [0.717, 1.165) is 25.2 Å². The quantitative estimate of drug-likeness (QED) is 0.756. The third-order valence-electron chi connectivity index (χ3n) is 5.20. The minimum atomic E-state index is -2.66. The van der Waals surface area contributed by atoms with Gasteiger partial charge in [-0.2, -0.15) is 5.10 Å². The van der Waals surface area contributed by atoms with Gasteiger partial charge in [0.15, 0.2) is 5.65 Å². The van der Waals surface area contributed by atoms with Gasteiger partial charge in [-0.25, -0.2) is 28.2 Å². The van der Waals surface area contributed by atoms with Crippen LogP contribution in [-0.2, 0) is 0 Å². The maximum Gasteiger partial charge on any atom is 0.282 e. The Morgan fingerprint density at radius 2 is 2.11 bits per heavy atom. The molecule has 1 fully saturated rings. The number of anilines is 1. The number of fused-ring (bicyclic) bond motifs is 1. The van der Waals surface area contributed by atoms with Crippen LogP contribution in [0.1, 0.15) is 31.9 Å². The van der Waals surface area contributed by atoms with Gasteiger partial charge in [-0.1, -0.05) is 0 Å². The highest BCUT2D eigenvalue weighted by molar-refractivity contribution is 5.62. The molecule has 1 N–H and O–H groups in total. The molecule has 3 aromatic heterocycles. The van der Waals surface area contributed by atoms with Crippen LogP contribution >= 0.6 is 0 Å². The lowest BCUT2D eigenvalue weighted by atomic mass is 9.91. The standard InChI is InChI=1S/C18H20F2N6O/c1-11-12(9-27)3-2-6-25(11)17-7-14(22-10-23-17)15-8-21-16-5-4-13(18(19)20)24-26(15)16/h4-5,7-8,10-12,18,27H,2-3,6,9H2,1H3/t11-,12+/m0/s1. The molecule has 2 atom stereocenters. The van der Waals surface area contributed by atoms with Crippen molar-refractivity contribution in [2.24, 2.45) is 5.92 Å². The van der Waals surface area contributed by atoms with Crippen LogP contribution in [0.3, 0.4) is 0 Å². The topological polar surface area (TPSA) is 79.4 Å². The fourth-order valence-corrected chi connectivity index (χ4v) is 3.61. The fourth-order valence-electron chi connectivity index (χ4n) is 3.61. The molecule has 3 aromatic rings. The zero-order valence-electron chi connectivity index (χ0n) is 14.8. The minimum Gasteiger partial charge on any atom is -0.396 e. The van der Waals surface area contributed by atoms with Crippen molar-refractivity contribution in [3.8, 4) is 11.4 Å². The minimum absolute atomic E-state index is 0.142. The zero-order valence-corrected chi connectivity index (χ0v) is 14.8. The van der Waals surface area contributed by atoms with Gasteiger partial charge in [-0.15, -0.1) is 0 Å². The van der Waals surface area contributed by atoms with E-state index in [2.05, 4.69) is 31.9 Å². The predicted octanol–water partition coefficient (Wildman–Crippen LogP) is 2.72. The predicted molar refractivity (Wildman–Crippen MR) is 95.6 cm³/mol. The highest BCUT2D eigenvalue weighted by atomic mass is 19.3. The summed E-state index contributed by atoms with van der Waals surface area (Å²) in [5, 5.41) is 13.6. The van der Waals surface area contributed by atoms with Crippen molar-refractivity contribution in [1.29, 1.82) is 0 Å². The molecule has 1 aliphatic rings. The van der Waals surface area contributed by atoms with E-state index in [0.29, 0.717) is 17.0 Å². The first-order valence-corrected chi connectivity index (χ1v) is 8.91. The van der Waals surface area contributed by atoms with Crippen LogP contribution in [0.15, 0.2) is 30.7 Å². The summed E-state index contributed by atoms with van der Waals surface area (Å²) in [6, 6.07) is 4.75. The summed E-state index contributed by atoms with van der Waals surface area (Å²) >= 11 is 0. The number of aliphatic hydroxyl groups excluding tert-OH is 1. The lowest BCUT2D eigenvalue weighted by Crippen LogP contribution is -2.45. The van der Waals surface area contributed by atoms with E-state index in [1.807, 2.05) is 6.07 Å². The van der Waals surface area contributed by atoms with Crippen LogP contribution in [0.5, 0.6) is 0 Å². The molecule has 0 amide bonds. The van der Waals surface area contributed by atoms with E-state index in [1.165, 1.54) is 23.0 Å². The van der Waals surface area contributed by atoms with Crippen molar-refractivity contribution < 1.29 is 13.9 Å². The summed E-state index contributed by atoms with van der Waals surface area (Å²) in [7, 11) is 0. The molecule has 4 heterocycles. The van der Waals surface area contributed by atoms with E-state index in [9.17, 15) is 13.9 Å². The number of alkyl halides is 2. The molecular weight excluding hydrogens is 354 g/mol. The van der Waals surface area contributed by atoms with Gasteiger partial charge in [0.25, 0.3) is 6.43 Å². The molecule has 1 aliphatic heterocycles. The van der Waals surface area contributed by atoms with Crippen molar-refractivity contribution in [2.45, 2.75) is 32.2 Å². The van der Waals surface area contributed by atoms with E-state index in [1.54, 1.807) is 6.20 Å². The molecule has 142 valence electrons. The second-order valence-electron chi connectivity index (χ2n) is 6.75. The number of imidazole rings is 1. The normalized spacial score (nSPS) is 20.6. The van der Waals surface area contributed by atoms with E-state index >= 15 is 0 Å². The van der Waals surface area contributed by atoms with Crippen LogP contribution < -0.4 is 4.90 Å².